The van der Waals surface area contributed by atoms with Gasteiger partial charge in [-0.1, -0.05) is 18.2 Å². The molecule has 0 aliphatic carbocycles. The predicted molar refractivity (Wildman–Crippen MR) is 76.1 cm³/mol. The van der Waals surface area contributed by atoms with Crippen LogP contribution in [0, 0.1) is 0 Å². The van der Waals surface area contributed by atoms with Crippen LogP contribution in [0.1, 0.15) is 31.1 Å². The van der Waals surface area contributed by atoms with E-state index in [2.05, 4.69) is 4.84 Å². The van der Waals surface area contributed by atoms with Crippen LogP contribution in [0.15, 0.2) is 42.5 Å². The van der Waals surface area contributed by atoms with Gasteiger partial charge in [-0.05, 0) is 24.3 Å². The smallest absolute Gasteiger partial charge is 0.362 e. The van der Waals surface area contributed by atoms with Gasteiger partial charge in [0.05, 0.1) is 11.1 Å². The standard InChI is InChI=1S/C15H11NO7/c17-11-7-10(14(20)21)12(18)6-9(11)13(19)16-23-15(22)8-4-2-1-3-5-8/h1-7,17-18H,(H,16,19)(H,20,21). The van der Waals surface area contributed by atoms with Crippen LogP contribution in [0.3, 0.4) is 0 Å². The number of amides is 1. The summed E-state index contributed by atoms with van der Waals surface area (Å²) in [4.78, 5) is 38.8. The van der Waals surface area contributed by atoms with Crippen molar-refractivity contribution in [2.45, 2.75) is 0 Å². The van der Waals surface area contributed by atoms with Crippen LogP contribution in [0.5, 0.6) is 11.5 Å². The Morgan fingerprint density at radius 2 is 1.48 bits per heavy atom. The first-order valence-electron chi connectivity index (χ1n) is 6.26. The van der Waals surface area contributed by atoms with Crippen LogP contribution in [-0.2, 0) is 4.84 Å². The quantitative estimate of drug-likeness (QED) is 0.495. The van der Waals surface area contributed by atoms with Gasteiger partial charge in [-0.25, -0.2) is 9.59 Å². The second-order valence-electron chi connectivity index (χ2n) is 4.38. The third-order valence-corrected chi connectivity index (χ3v) is 2.83. The Morgan fingerprint density at radius 1 is 0.913 bits per heavy atom. The molecule has 2 rings (SSSR count). The summed E-state index contributed by atoms with van der Waals surface area (Å²) < 4.78 is 0. The molecule has 0 fully saturated rings. The van der Waals surface area contributed by atoms with E-state index in [0.717, 1.165) is 6.07 Å². The molecule has 0 atom stereocenters. The molecule has 4 N–H and O–H groups in total. The SMILES string of the molecule is O=C(ONC(=O)c1cc(O)c(C(=O)O)cc1O)c1ccccc1. The molecule has 0 heterocycles. The monoisotopic (exact) mass is 317 g/mol. The number of hydrogen-bond acceptors (Lipinski definition) is 6. The largest absolute Gasteiger partial charge is 0.507 e. The lowest BCUT2D eigenvalue weighted by Gasteiger charge is -2.08. The second kappa shape index (κ2) is 6.48. The molecule has 2 aromatic rings. The number of carbonyl (C=O) groups is 3. The van der Waals surface area contributed by atoms with E-state index >= 15 is 0 Å². The maximum Gasteiger partial charge on any atom is 0.362 e. The number of hydroxylamine groups is 1. The van der Waals surface area contributed by atoms with Crippen LogP contribution in [0.25, 0.3) is 0 Å². The number of nitrogens with one attached hydrogen (secondary N) is 1. The first-order valence-corrected chi connectivity index (χ1v) is 6.26. The minimum Gasteiger partial charge on any atom is -0.507 e. The van der Waals surface area contributed by atoms with Crippen LogP contribution in [0.2, 0.25) is 0 Å². The van der Waals surface area contributed by atoms with Crippen molar-refractivity contribution in [2.75, 3.05) is 0 Å². The molecule has 0 radical (unpaired) electrons. The molecule has 8 heteroatoms. The molecule has 0 saturated heterocycles. The van der Waals surface area contributed by atoms with E-state index in [1.807, 2.05) is 0 Å². The Bertz CT molecular complexity index is 771. The lowest BCUT2D eigenvalue weighted by molar-refractivity contribution is 0.0229. The number of aromatic carboxylic acids is 1. The fourth-order valence-electron chi connectivity index (χ4n) is 1.71. The summed E-state index contributed by atoms with van der Waals surface area (Å²) in [6.07, 6.45) is 0. The van der Waals surface area contributed by atoms with Gasteiger partial charge in [0.2, 0.25) is 0 Å². The Kier molecular flexibility index (Phi) is 4.46. The molecular formula is C15H11NO7. The molecule has 0 aliphatic rings. The van der Waals surface area contributed by atoms with Crippen LogP contribution in [-0.4, -0.2) is 33.2 Å². The van der Waals surface area contributed by atoms with E-state index in [-0.39, 0.29) is 5.56 Å². The number of rotatable bonds is 3. The first kappa shape index (κ1) is 15.8. The number of benzene rings is 2. The van der Waals surface area contributed by atoms with Gasteiger partial charge in [0, 0.05) is 0 Å². The van der Waals surface area contributed by atoms with Gasteiger partial charge in [0.15, 0.2) is 0 Å². The van der Waals surface area contributed by atoms with Gasteiger partial charge in [0.1, 0.15) is 17.1 Å². The molecule has 1 amide bonds. The first-order chi connectivity index (χ1) is 10.9. The van der Waals surface area contributed by atoms with E-state index in [4.69, 9.17) is 5.11 Å². The third-order valence-electron chi connectivity index (χ3n) is 2.83. The minimum atomic E-state index is -1.47. The maximum absolute atomic E-state index is 11.8. The summed E-state index contributed by atoms with van der Waals surface area (Å²) in [6, 6.07) is 9.31. The van der Waals surface area contributed by atoms with Crippen molar-refractivity contribution in [3.8, 4) is 11.5 Å². The molecule has 0 bridgehead atoms. The molecule has 118 valence electrons. The summed E-state index contributed by atoms with van der Waals surface area (Å²) in [7, 11) is 0. The van der Waals surface area contributed by atoms with Gasteiger partial charge in [-0.3, -0.25) is 4.79 Å². The van der Waals surface area contributed by atoms with Gasteiger partial charge >= 0.3 is 11.9 Å². The normalized spacial score (nSPS) is 9.91. The van der Waals surface area contributed by atoms with E-state index in [0.29, 0.717) is 6.07 Å². The van der Waals surface area contributed by atoms with Gasteiger partial charge in [-0.2, -0.15) is 5.48 Å². The highest BCUT2D eigenvalue weighted by atomic mass is 16.7. The lowest BCUT2D eigenvalue weighted by atomic mass is 10.1. The van der Waals surface area contributed by atoms with E-state index < -0.39 is 40.5 Å². The predicted octanol–water partition coefficient (Wildman–Crippen LogP) is 1.30. The van der Waals surface area contributed by atoms with Gasteiger partial charge < -0.3 is 20.2 Å². The third kappa shape index (κ3) is 3.56. The second-order valence-corrected chi connectivity index (χ2v) is 4.38. The number of phenolic OH excluding ortho intramolecular Hbond substituents is 1. The highest BCUT2D eigenvalue weighted by molar-refractivity contribution is 6.00. The van der Waals surface area contributed by atoms with Crippen molar-refractivity contribution in [3.63, 3.8) is 0 Å². The summed E-state index contributed by atoms with van der Waals surface area (Å²) in [5.41, 5.74) is 0.983. The Balaban J connectivity index is 2.11. The number of carboxylic acids is 1. The molecule has 0 aliphatic heterocycles. The van der Waals surface area contributed by atoms with Gasteiger partial charge in [-0.15, -0.1) is 0 Å². The summed E-state index contributed by atoms with van der Waals surface area (Å²) in [5, 5.41) is 27.9. The number of aromatic hydroxyl groups is 2. The zero-order valence-corrected chi connectivity index (χ0v) is 11.5. The molecule has 23 heavy (non-hydrogen) atoms. The Morgan fingerprint density at radius 3 is 2.09 bits per heavy atom. The van der Waals surface area contributed by atoms with Crippen LogP contribution < -0.4 is 5.48 Å². The van der Waals surface area contributed by atoms with Crippen molar-refractivity contribution in [3.05, 3.63) is 59.2 Å². The van der Waals surface area contributed by atoms with Crippen molar-refractivity contribution >= 4 is 17.8 Å². The number of hydrogen-bond donors (Lipinski definition) is 4. The van der Waals surface area contributed by atoms with Crippen LogP contribution in [0.4, 0.5) is 0 Å². The fourth-order valence-corrected chi connectivity index (χ4v) is 1.71. The molecular weight excluding hydrogens is 306 g/mol. The van der Waals surface area contributed by atoms with E-state index in [1.54, 1.807) is 23.7 Å². The fraction of sp³-hybridized carbons (Fsp3) is 0. The highest BCUT2D eigenvalue weighted by Crippen LogP contribution is 2.27. The lowest BCUT2D eigenvalue weighted by Crippen LogP contribution is -2.27. The zero-order valence-electron chi connectivity index (χ0n) is 11.5. The average Bonchev–Trinajstić information content (AvgIpc) is 2.54. The number of carbonyl (C=O) groups excluding carboxylic acids is 2. The summed E-state index contributed by atoms with van der Waals surface area (Å²) in [6.45, 7) is 0. The minimum absolute atomic E-state index is 0.195. The molecule has 0 spiro atoms. The average molecular weight is 317 g/mol. The molecule has 8 nitrogen and oxygen atoms in total. The van der Waals surface area contributed by atoms with Crippen molar-refractivity contribution in [1.29, 1.82) is 0 Å². The van der Waals surface area contributed by atoms with Gasteiger partial charge in [0.25, 0.3) is 5.91 Å². The van der Waals surface area contributed by atoms with E-state index in [9.17, 15) is 24.6 Å². The molecule has 0 aromatic heterocycles. The zero-order chi connectivity index (χ0) is 17.0. The molecule has 2 aromatic carbocycles. The Hall–Kier alpha value is -3.55. The molecule has 0 saturated carbocycles. The number of carboxylic acid groups (broad SMARTS) is 1. The highest BCUT2D eigenvalue weighted by Gasteiger charge is 2.19. The maximum atomic E-state index is 11.8. The summed E-state index contributed by atoms with van der Waals surface area (Å²) in [5.74, 6) is -4.73. The van der Waals surface area contributed by atoms with Crippen molar-refractivity contribution < 1.29 is 34.5 Å². The van der Waals surface area contributed by atoms with Crippen molar-refractivity contribution in [2.24, 2.45) is 0 Å². The summed E-state index contributed by atoms with van der Waals surface area (Å²) >= 11 is 0. The van der Waals surface area contributed by atoms with E-state index in [1.165, 1.54) is 12.1 Å². The number of phenols is 2. The topological polar surface area (TPSA) is 133 Å². The molecule has 0 unspecified atom stereocenters. The van der Waals surface area contributed by atoms with Crippen LogP contribution >= 0.6 is 0 Å². The van der Waals surface area contributed by atoms with Crippen molar-refractivity contribution in [1.82, 2.24) is 5.48 Å². The Labute approximate surface area is 129 Å².